The third kappa shape index (κ3) is 11.3. The number of likely N-dealkylation sites (tertiary alicyclic amines) is 1. The van der Waals surface area contributed by atoms with Crippen LogP contribution in [0.15, 0.2) is 4.99 Å². The van der Waals surface area contributed by atoms with Gasteiger partial charge in [-0.1, -0.05) is 0 Å². The van der Waals surface area contributed by atoms with E-state index in [1.54, 1.807) is 7.05 Å². The first kappa shape index (κ1) is 22.0. The molecule has 1 heterocycles. The van der Waals surface area contributed by atoms with Crippen LogP contribution in [0.25, 0.3) is 0 Å². The normalized spacial score (nSPS) is 18.4. The second-order valence-electron chi connectivity index (χ2n) is 7.73. The van der Waals surface area contributed by atoms with E-state index in [9.17, 15) is 13.2 Å². The fourth-order valence-corrected chi connectivity index (χ4v) is 2.92. The number of guanidine groups is 1. The third-order valence-electron chi connectivity index (χ3n) is 4.25. The van der Waals surface area contributed by atoms with Gasteiger partial charge < -0.3 is 16.0 Å². The van der Waals surface area contributed by atoms with Crippen molar-refractivity contribution < 1.29 is 13.2 Å². The molecule has 0 radical (unpaired) electrons. The van der Waals surface area contributed by atoms with Crippen LogP contribution in [0.3, 0.4) is 0 Å². The van der Waals surface area contributed by atoms with Gasteiger partial charge in [-0.05, 0) is 59.0 Å². The first-order valence-electron chi connectivity index (χ1n) is 9.08. The monoisotopic (exact) mass is 365 g/mol. The maximum atomic E-state index is 12.4. The van der Waals surface area contributed by atoms with Gasteiger partial charge in [0.05, 0.1) is 6.54 Å². The lowest BCUT2D eigenvalue weighted by Crippen LogP contribution is -2.45. The van der Waals surface area contributed by atoms with Crippen LogP contribution in [-0.2, 0) is 0 Å². The maximum Gasteiger partial charge on any atom is 0.401 e. The Morgan fingerprint density at radius 2 is 1.64 bits per heavy atom. The second kappa shape index (κ2) is 10.2. The fraction of sp³-hybridized carbons (Fsp3) is 0.941. The van der Waals surface area contributed by atoms with Gasteiger partial charge in [-0.3, -0.25) is 9.89 Å². The molecule has 0 bridgehead atoms. The number of nitrogens with one attached hydrogen (secondary N) is 3. The zero-order valence-electron chi connectivity index (χ0n) is 16.0. The smallest absolute Gasteiger partial charge is 0.356 e. The summed E-state index contributed by atoms with van der Waals surface area (Å²) in [6.45, 7) is 9.09. The average Bonchev–Trinajstić information content (AvgIpc) is 2.49. The van der Waals surface area contributed by atoms with Crippen LogP contribution in [0.1, 0.15) is 40.0 Å². The van der Waals surface area contributed by atoms with Crippen LogP contribution in [0.5, 0.6) is 0 Å². The Kier molecular flexibility index (Phi) is 8.99. The standard InChI is InChI=1S/C17H34F3N5/c1-16(2,3)24-10-9-23-15(21-4)22-8-5-14-6-11-25(12-7-14)13-17(18,19)20/h14,24H,5-13H2,1-4H3,(H2,21,22,23). The lowest BCUT2D eigenvalue weighted by molar-refractivity contribution is -0.148. The molecule has 0 aliphatic carbocycles. The predicted molar refractivity (Wildman–Crippen MR) is 97.0 cm³/mol. The zero-order valence-corrected chi connectivity index (χ0v) is 16.0. The average molecular weight is 365 g/mol. The van der Waals surface area contributed by atoms with Crippen molar-refractivity contribution in [2.24, 2.45) is 10.9 Å². The highest BCUT2D eigenvalue weighted by atomic mass is 19.4. The minimum Gasteiger partial charge on any atom is -0.356 e. The molecule has 0 aromatic carbocycles. The quantitative estimate of drug-likeness (QED) is 0.368. The van der Waals surface area contributed by atoms with E-state index in [1.807, 2.05) is 0 Å². The van der Waals surface area contributed by atoms with Crippen LogP contribution in [0, 0.1) is 5.92 Å². The molecule has 0 aromatic rings. The molecule has 148 valence electrons. The maximum absolute atomic E-state index is 12.4. The van der Waals surface area contributed by atoms with Crippen molar-refractivity contribution in [1.29, 1.82) is 0 Å². The molecule has 8 heteroatoms. The molecule has 5 nitrogen and oxygen atoms in total. The number of piperidine rings is 1. The fourth-order valence-electron chi connectivity index (χ4n) is 2.92. The van der Waals surface area contributed by atoms with Crippen molar-refractivity contribution >= 4 is 5.96 Å². The number of aliphatic imine (C=N–C) groups is 1. The minimum absolute atomic E-state index is 0.0968. The molecule has 1 saturated heterocycles. The van der Waals surface area contributed by atoms with Crippen LogP contribution in [0.4, 0.5) is 13.2 Å². The van der Waals surface area contributed by atoms with Crippen LogP contribution < -0.4 is 16.0 Å². The molecule has 0 aromatic heterocycles. The zero-order chi connectivity index (χ0) is 18.9. The predicted octanol–water partition coefficient (Wildman–Crippen LogP) is 2.20. The van der Waals surface area contributed by atoms with Crippen LogP contribution >= 0.6 is 0 Å². The number of hydrogen-bond acceptors (Lipinski definition) is 3. The summed E-state index contributed by atoms with van der Waals surface area (Å²) in [5, 5.41) is 9.94. The largest absolute Gasteiger partial charge is 0.401 e. The molecule has 0 saturated carbocycles. The summed E-state index contributed by atoms with van der Waals surface area (Å²) in [6.07, 6.45) is -1.46. The number of halogens is 3. The first-order valence-corrected chi connectivity index (χ1v) is 9.08. The highest BCUT2D eigenvalue weighted by molar-refractivity contribution is 5.79. The summed E-state index contributed by atoms with van der Waals surface area (Å²) < 4.78 is 37.2. The minimum atomic E-state index is -4.09. The molecule has 1 aliphatic rings. The number of alkyl halides is 3. The highest BCUT2D eigenvalue weighted by Crippen LogP contribution is 2.23. The van der Waals surface area contributed by atoms with E-state index in [-0.39, 0.29) is 5.54 Å². The van der Waals surface area contributed by atoms with Crippen molar-refractivity contribution in [2.45, 2.75) is 51.7 Å². The molecule has 0 amide bonds. The molecule has 0 atom stereocenters. The molecule has 0 spiro atoms. The van der Waals surface area contributed by atoms with Gasteiger partial charge in [-0.2, -0.15) is 13.2 Å². The summed E-state index contributed by atoms with van der Waals surface area (Å²) in [5.74, 6) is 1.25. The topological polar surface area (TPSA) is 51.7 Å². The number of rotatable bonds is 7. The molecular weight excluding hydrogens is 331 g/mol. The number of nitrogens with zero attached hydrogens (tertiary/aromatic N) is 2. The van der Waals surface area contributed by atoms with Crippen molar-refractivity contribution in [2.75, 3.05) is 46.3 Å². The van der Waals surface area contributed by atoms with Crippen molar-refractivity contribution in [3.8, 4) is 0 Å². The number of hydrogen-bond donors (Lipinski definition) is 3. The van der Waals surface area contributed by atoms with E-state index in [0.717, 1.165) is 44.9 Å². The van der Waals surface area contributed by atoms with Gasteiger partial charge in [0, 0.05) is 32.2 Å². The Morgan fingerprint density at radius 3 is 2.16 bits per heavy atom. The Balaban J connectivity index is 2.13. The van der Waals surface area contributed by atoms with Gasteiger partial charge >= 0.3 is 6.18 Å². The molecule has 25 heavy (non-hydrogen) atoms. The summed E-state index contributed by atoms with van der Waals surface area (Å²) in [4.78, 5) is 5.70. The van der Waals surface area contributed by atoms with Crippen molar-refractivity contribution in [3.05, 3.63) is 0 Å². The Labute approximate surface area is 149 Å². The Bertz CT molecular complexity index is 396. The molecule has 1 fully saturated rings. The van der Waals surface area contributed by atoms with Crippen molar-refractivity contribution in [1.82, 2.24) is 20.9 Å². The van der Waals surface area contributed by atoms with Gasteiger partial charge in [-0.25, -0.2) is 0 Å². The Hall–Kier alpha value is -1.02. The van der Waals surface area contributed by atoms with Crippen LogP contribution in [-0.4, -0.2) is 68.9 Å². The van der Waals surface area contributed by atoms with E-state index < -0.39 is 12.7 Å². The SMILES string of the molecule is CN=C(NCCNC(C)(C)C)NCCC1CCN(CC(F)(F)F)CC1. The van der Waals surface area contributed by atoms with Crippen molar-refractivity contribution in [3.63, 3.8) is 0 Å². The van der Waals surface area contributed by atoms with E-state index in [4.69, 9.17) is 0 Å². The molecule has 0 unspecified atom stereocenters. The van der Waals surface area contributed by atoms with Crippen LogP contribution in [0.2, 0.25) is 0 Å². The summed E-state index contributed by atoms with van der Waals surface area (Å²) >= 11 is 0. The van der Waals surface area contributed by atoms with Gasteiger partial charge in [0.2, 0.25) is 0 Å². The van der Waals surface area contributed by atoms with Gasteiger partial charge in [0.25, 0.3) is 0 Å². The second-order valence-corrected chi connectivity index (χ2v) is 7.73. The van der Waals surface area contributed by atoms with E-state index in [1.165, 1.54) is 4.90 Å². The summed E-state index contributed by atoms with van der Waals surface area (Å²) in [7, 11) is 1.74. The van der Waals surface area contributed by atoms with E-state index in [0.29, 0.717) is 19.0 Å². The molecule has 1 aliphatic heterocycles. The molecule has 1 rings (SSSR count). The lowest BCUT2D eigenvalue weighted by Gasteiger charge is -2.32. The Morgan fingerprint density at radius 1 is 1.04 bits per heavy atom. The van der Waals surface area contributed by atoms with E-state index in [2.05, 4.69) is 41.7 Å². The van der Waals surface area contributed by atoms with E-state index >= 15 is 0 Å². The van der Waals surface area contributed by atoms with Gasteiger partial charge in [-0.15, -0.1) is 0 Å². The highest BCUT2D eigenvalue weighted by Gasteiger charge is 2.32. The van der Waals surface area contributed by atoms with Gasteiger partial charge in [0.1, 0.15) is 0 Å². The summed E-state index contributed by atoms with van der Waals surface area (Å²) in [5.41, 5.74) is 0.0968. The first-order chi connectivity index (χ1) is 11.6. The lowest BCUT2D eigenvalue weighted by atomic mass is 9.93. The molecular formula is C17H34F3N5. The third-order valence-corrected chi connectivity index (χ3v) is 4.25. The van der Waals surface area contributed by atoms with Gasteiger partial charge in [0.15, 0.2) is 5.96 Å². The molecule has 3 N–H and O–H groups in total. The summed E-state index contributed by atoms with van der Waals surface area (Å²) in [6, 6.07) is 0.